The molecule has 102 valence electrons. The lowest BCUT2D eigenvalue weighted by atomic mass is 10.1. The fourth-order valence-electron chi connectivity index (χ4n) is 1.92. The summed E-state index contributed by atoms with van der Waals surface area (Å²) in [7, 11) is 0. The zero-order valence-corrected chi connectivity index (χ0v) is 12.2. The first-order chi connectivity index (χ1) is 9.65. The Balaban J connectivity index is 2.40. The number of hydrogen-bond acceptors (Lipinski definition) is 4. The quantitative estimate of drug-likeness (QED) is 0.863. The highest BCUT2D eigenvalue weighted by molar-refractivity contribution is 6.30. The molecule has 20 heavy (non-hydrogen) atoms. The van der Waals surface area contributed by atoms with Gasteiger partial charge in [0.15, 0.2) is 0 Å². The summed E-state index contributed by atoms with van der Waals surface area (Å²) in [5, 5.41) is 12.7. The predicted octanol–water partition coefficient (Wildman–Crippen LogP) is 4.01. The van der Waals surface area contributed by atoms with Crippen molar-refractivity contribution in [2.24, 2.45) is 0 Å². The second-order valence-electron chi connectivity index (χ2n) is 4.51. The summed E-state index contributed by atoms with van der Waals surface area (Å²) in [6, 6.07) is 7.64. The van der Waals surface area contributed by atoms with Gasteiger partial charge in [0.1, 0.15) is 17.3 Å². The van der Waals surface area contributed by atoms with E-state index < -0.39 is 0 Å². The van der Waals surface area contributed by atoms with Gasteiger partial charge in [0.25, 0.3) is 0 Å². The van der Waals surface area contributed by atoms with E-state index in [-0.39, 0.29) is 0 Å². The van der Waals surface area contributed by atoms with Crippen LogP contribution in [0.15, 0.2) is 24.5 Å². The predicted molar refractivity (Wildman–Crippen MR) is 80.2 cm³/mol. The third kappa shape index (κ3) is 3.06. The molecule has 2 aromatic rings. The van der Waals surface area contributed by atoms with Gasteiger partial charge in [-0.3, -0.25) is 0 Å². The minimum absolute atomic E-state index is 0.471. The molecule has 0 spiro atoms. The van der Waals surface area contributed by atoms with E-state index >= 15 is 0 Å². The maximum absolute atomic E-state index is 8.98. The van der Waals surface area contributed by atoms with E-state index in [4.69, 9.17) is 16.9 Å². The SMILES string of the molecule is CCCc1c(Cl)ncnc1Nc1cc(C#N)ccc1C. The van der Waals surface area contributed by atoms with Gasteiger partial charge in [0, 0.05) is 11.3 Å². The van der Waals surface area contributed by atoms with Gasteiger partial charge in [-0.25, -0.2) is 9.97 Å². The molecule has 0 amide bonds. The number of rotatable bonds is 4. The number of nitrogens with one attached hydrogen (secondary N) is 1. The highest BCUT2D eigenvalue weighted by Crippen LogP contribution is 2.26. The van der Waals surface area contributed by atoms with E-state index in [1.807, 2.05) is 13.0 Å². The molecule has 1 aromatic heterocycles. The minimum atomic E-state index is 0.471. The first-order valence-electron chi connectivity index (χ1n) is 6.42. The highest BCUT2D eigenvalue weighted by Gasteiger charge is 2.10. The largest absolute Gasteiger partial charge is 0.340 e. The Hall–Kier alpha value is -2.12. The highest BCUT2D eigenvalue weighted by atomic mass is 35.5. The summed E-state index contributed by atoms with van der Waals surface area (Å²) in [5.41, 5.74) is 3.41. The molecule has 1 aromatic carbocycles. The fourth-order valence-corrected chi connectivity index (χ4v) is 2.15. The molecule has 2 rings (SSSR count). The number of nitriles is 1. The van der Waals surface area contributed by atoms with Crippen molar-refractivity contribution in [1.29, 1.82) is 5.26 Å². The zero-order chi connectivity index (χ0) is 14.5. The summed E-state index contributed by atoms with van der Waals surface area (Å²) in [6.45, 7) is 4.06. The molecule has 0 aliphatic heterocycles. The molecule has 0 unspecified atom stereocenters. The van der Waals surface area contributed by atoms with Gasteiger partial charge in [0.05, 0.1) is 11.6 Å². The van der Waals surface area contributed by atoms with Crippen LogP contribution in [0.5, 0.6) is 0 Å². The lowest BCUT2D eigenvalue weighted by molar-refractivity contribution is 0.904. The van der Waals surface area contributed by atoms with Crippen LogP contribution in [0.25, 0.3) is 0 Å². The Labute approximate surface area is 123 Å². The molecule has 0 saturated heterocycles. The van der Waals surface area contributed by atoms with E-state index in [9.17, 15) is 0 Å². The van der Waals surface area contributed by atoms with E-state index in [1.54, 1.807) is 12.1 Å². The zero-order valence-electron chi connectivity index (χ0n) is 11.4. The third-order valence-electron chi connectivity index (χ3n) is 3.01. The van der Waals surface area contributed by atoms with Crippen molar-refractivity contribution in [2.45, 2.75) is 26.7 Å². The Bertz CT molecular complexity index is 661. The molecule has 1 N–H and O–H groups in total. The van der Waals surface area contributed by atoms with Crippen molar-refractivity contribution in [2.75, 3.05) is 5.32 Å². The normalized spacial score (nSPS) is 10.1. The number of anilines is 2. The molecule has 0 aliphatic carbocycles. The van der Waals surface area contributed by atoms with Gasteiger partial charge in [-0.15, -0.1) is 0 Å². The molecule has 1 heterocycles. The van der Waals surface area contributed by atoms with Crippen LogP contribution in [0.2, 0.25) is 5.15 Å². The number of benzene rings is 1. The van der Waals surface area contributed by atoms with Gasteiger partial charge in [0.2, 0.25) is 0 Å². The number of aromatic nitrogens is 2. The Kier molecular flexibility index (Phi) is 4.54. The van der Waals surface area contributed by atoms with Crippen molar-refractivity contribution >= 4 is 23.1 Å². The van der Waals surface area contributed by atoms with Crippen LogP contribution in [0, 0.1) is 18.3 Å². The number of aryl methyl sites for hydroxylation is 1. The molecule has 4 nitrogen and oxygen atoms in total. The first-order valence-corrected chi connectivity index (χ1v) is 6.80. The van der Waals surface area contributed by atoms with Gasteiger partial charge in [-0.05, 0) is 31.0 Å². The van der Waals surface area contributed by atoms with Gasteiger partial charge < -0.3 is 5.32 Å². The smallest absolute Gasteiger partial charge is 0.138 e. The van der Waals surface area contributed by atoms with Gasteiger partial charge in [-0.1, -0.05) is 31.0 Å². The van der Waals surface area contributed by atoms with E-state index in [0.29, 0.717) is 16.5 Å². The molecular weight excluding hydrogens is 272 g/mol. The van der Waals surface area contributed by atoms with Crippen LogP contribution in [0.1, 0.15) is 30.0 Å². The topological polar surface area (TPSA) is 61.6 Å². The number of halogens is 1. The summed E-state index contributed by atoms with van der Waals surface area (Å²) in [4.78, 5) is 8.28. The van der Waals surface area contributed by atoms with Crippen molar-refractivity contribution in [3.8, 4) is 6.07 Å². The molecule has 0 fully saturated rings. The van der Waals surface area contributed by atoms with Crippen molar-refractivity contribution in [3.63, 3.8) is 0 Å². The fraction of sp³-hybridized carbons (Fsp3) is 0.267. The maximum Gasteiger partial charge on any atom is 0.138 e. The summed E-state index contributed by atoms with van der Waals surface area (Å²) < 4.78 is 0. The standard InChI is InChI=1S/C15H15ClN4/c1-3-4-12-14(16)18-9-19-15(12)20-13-7-11(8-17)6-5-10(13)2/h5-7,9H,3-4H2,1-2H3,(H,18,19,20). The van der Waals surface area contributed by atoms with E-state index in [1.165, 1.54) is 6.33 Å². The Morgan fingerprint density at radius 2 is 2.15 bits per heavy atom. The van der Waals surface area contributed by atoms with Crippen molar-refractivity contribution in [1.82, 2.24) is 9.97 Å². The molecule has 5 heteroatoms. The third-order valence-corrected chi connectivity index (χ3v) is 3.34. The monoisotopic (exact) mass is 286 g/mol. The van der Waals surface area contributed by atoms with Crippen LogP contribution < -0.4 is 5.32 Å². The molecule has 0 bridgehead atoms. The van der Waals surface area contributed by atoms with Crippen LogP contribution in [-0.2, 0) is 6.42 Å². The Morgan fingerprint density at radius 3 is 2.85 bits per heavy atom. The Morgan fingerprint density at radius 1 is 1.35 bits per heavy atom. The van der Waals surface area contributed by atoms with Gasteiger partial charge in [-0.2, -0.15) is 5.26 Å². The maximum atomic E-state index is 8.98. The van der Waals surface area contributed by atoms with Crippen LogP contribution in [-0.4, -0.2) is 9.97 Å². The molecule has 0 aliphatic rings. The van der Waals surface area contributed by atoms with Crippen molar-refractivity contribution in [3.05, 3.63) is 46.4 Å². The average molecular weight is 287 g/mol. The molecule has 0 atom stereocenters. The lowest BCUT2D eigenvalue weighted by Crippen LogP contribution is -2.02. The van der Waals surface area contributed by atoms with Gasteiger partial charge >= 0.3 is 0 Å². The molecule has 0 saturated carbocycles. The summed E-state index contributed by atoms with van der Waals surface area (Å²) in [5.74, 6) is 0.699. The second kappa shape index (κ2) is 6.36. The summed E-state index contributed by atoms with van der Waals surface area (Å²) >= 11 is 6.13. The van der Waals surface area contributed by atoms with Crippen LogP contribution in [0.4, 0.5) is 11.5 Å². The van der Waals surface area contributed by atoms with Crippen LogP contribution in [0.3, 0.4) is 0 Å². The van der Waals surface area contributed by atoms with E-state index in [0.717, 1.165) is 29.7 Å². The lowest BCUT2D eigenvalue weighted by Gasteiger charge is -2.13. The first kappa shape index (κ1) is 14.3. The molecule has 0 radical (unpaired) electrons. The summed E-state index contributed by atoms with van der Waals surface area (Å²) in [6.07, 6.45) is 3.20. The number of hydrogen-bond donors (Lipinski definition) is 1. The molecular formula is C15H15ClN4. The second-order valence-corrected chi connectivity index (χ2v) is 4.87. The van der Waals surface area contributed by atoms with Crippen molar-refractivity contribution < 1.29 is 0 Å². The van der Waals surface area contributed by atoms with E-state index in [2.05, 4.69) is 28.3 Å². The average Bonchev–Trinajstić information content (AvgIpc) is 2.45. The van der Waals surface area contributed by atoms with Crippen LogP contribution >= 0.6 is 11.6 Å². The minimum Gasteiger partial charge on any atom is -0.340 e. The number of nitrogens with zero attached hydrogens (tertiary/aromatic N) is 3.